The summed E-state index contributed by atoms with van der Waals surface area (Å²) in [5.41, 5.74) is 0.317. The summed E-state index contributed by atoms with van der Waals surface area (Å²) in [4.78, 5) is 53.2. The number of hydrogen-bond donors (Lipinski definition) is 0. The van der Waals surface area contributed by atoms with Gasteiger partial charge in [-0.1, -0.05) is 28.1 Å². The summed E-state index contributed by atoms with van der Waals surface area (Å²) in [5.74, 6) is -1.06. The van der Waals surface area contributed by atoms with Crippen LogP contribution in [0.25, 0.3) is 0 Å². The van der Waals surface area contributed by atoms with Crippen LogP contribution in [0.5, 0.6) is 11.5 Å². The molecule has 0 bridgehead atoms. The van der Waals surface area contributed by atoms with E-state index in [2.05, 4.69) is 15.9 Å². The van der Waals surface area contributed by atoms with Gasteiger partial charge in [0.1, 0.15) is 11.6 Å². The Kier molecular flexibility index (Phi) is 4.65. The van der Waals surface area contributed by atoms with Gasteiger partial charge in [0, 0.05) is 16.2 Å². The molecular formula is C24H14BrN3O7. The van der Waals surface area contributed by atoms with E-state index in [-0.39, 0.29) is 17.9 Å². The minimum atomic E-state index is -1.19. The van der Waals surface area contributed by atoms with Crippen molar-refractivity contribution >= 4 is 45.0 Å². The number of amides is 3. The number of halogens is 1. The van der Waals surface area contributed by atoms with Crippen LogP contribution in [0.15, 0.2) is 65.1 Å². The zero-order valence-electron chi connectivity index (χ0n) is 17.7. The quantitative estimate of drug-likeness (QED) is 0.215. The smallest absolute Gasteiger partial charge is 0.282 e. The molecule has 35 heavy (non-hydrogen) atoms. The molecule has 0 spiro atoms. The van der Waals surface area contributed by atoms with E-state index in [0.717, 1.165) is 9.37 Å². The summed E-state index contributed by atoms with van der Waals surface area (Å²) in [6.45, 7) is 0.0598. The Morgan fingerprint density at radius 2 is 1.63 bits per heavy atom. The molecule has 0 aromatic heterocycles. The number of rotatable bonds is 4. The summed E-state index contributed by atoms with van der Waals surface area (Å²) in [6.07, 6.45) is 0. The average molecular weight is 536 g/mol. The maximum Gasteiger partial charge on any atom is 0.282 e. The lowest BCUT2D eigenvalue weighted by Crippen LogP contribution is -2.67. The van der Waals surface area contributed by atoms with Gasteiger partial charge in [0.15, 0.2) is 11.5 Å². The van der Waals surface area contributed by atoms with Crippen molar-refractivity contribution in [1.82, 2.24) is 4.90 Å². The highest BCUT2D eigenvalue weighted by Crippen LogP contribution is 2.47. The van der Waals surface area contributed by atoms with Gasteiger partial charge in [-0.05, 0) is 48.0 Å². The third-order valence-corrected chi connectivity index (χ3v) is 6.84. The standard InChI is InChI=1S/C24H14BrN3O7/c25-13-5-7-14(8-6-13)26-20(12-4-9-17-18(10-12)35-11-34-17)21(24(26)31)27-22(29)15-2-1-3-16(28(32)33)19(15)23(27)30/h1-10,20-21H,11H2. The maximum atomic E-state index is 13.5. The molecule has 174 valence electrons. The second-order valence-corrected chi connectivity index (χ2v) is 9.04. The predicted octanol–water partition coefficient (Wildman–Crippen LogP) is 3.84. The zero-order valence-corrected chi connectivity index (χ0v) is 19.3. The number of fused-ring (bicyclic) bond motifs is 2. The molecule has 11 heteroatoms. The molecule has 3 heterocycles. The zero-order chi connectivity index (χ0) is 24.4. The van der Waals surface area contributed by atoms with Crippen molar-refractivity contribution in [2.45, 2.75) is 12.1 Å². The number of nitro benzene ring substituents is 1. The fourth-order valence-electron chi connectivity index (χ4n) is 4.73. The Hall–Kier alpha value is -4.25. The summed E-state index contributed by atoms with van der Waals surface area (Å²) < 4.78 is 11.7. The minimum Gasteiger partial charge on any atom is -0.454 e. The molecule has 3 amide bonds. The molecule has 3 aromatic carbocycles. The van der Waals surface area contributed by atoms with Crippen LogP contribution in [0.1, 0.15) is 32.3 Å². The van der Waals surface area contributed by atoms with Crippen LogP contribution in [0.4, 0.5) is 11.4 Å². The fraction of sp³-hybridized carbons (Fsp3) is 0.125. The highest BCUT2D eigenvalue weighted by atomic mass is 79.9. The number of benzene rings is 3. The first-order chi connectivity index (χ1) is 16.9. The molecule has 3 aliphatic heterocycles. The van der Waals surface area contributed by atoms with Crippen LogP contribution >= 0.6 is 15.9 Å². The Balaban J connectivity index is 1.45. The van der Waals surface area contributed by atoms with E-state index in [0.29, 0.717) is 22.7 Å². The van der Waals surface area contributed by atoms with E-state index in [1.54, 1.807) is 42.5 Å². The van der Waals surface area contributed by atoms with E-state index in [4.69, 9.17) is 9.47 Å². The largest absolute Gasteiger partial charge is 0.454 e. The van der Waals surface area contributed by atoms with Crippen molar-refractivity contribution < 1.29 is 28.8 Å². The Labute approximate surface area is 205 Å². The highest BCUT2D eigenvalue weighted by molar-refractivity contribution is 9.10. The van der Waals surface area contributed by atoms with Crippen LogP contribution in [0.3, 0.4) is 0 Å². The first-order valence-electron chi connectivity index (χ1n) is 10.5. The van der Waals surface area contributed by atoms with E-state index in [1.165, 1.54) is 23.1 Å². The van der Waals surface area contributed by atoms with Crippen molar-refractivity contribution in [1.29, 1.82) is 0 Å². The van der Waals surface area contributed by atoms with E-state index in [9.17, 15) is 24.5 Å². The number of carbonyl (C=O) groups excluding carboxylic acids is 3. The third kappa shape index (κ3) is 3.04. The second kappa shape index (κ2) is 7.64. The molecule has 2 atom stereocenters. The molecular weight excluding hydrogens is 522 g/mol. The topological polar surface area (TPSA) is 119 Å². The van der Waals surface area contributed by atoms with Crippen molar-refractivity contribution in [3.63, 3.8) is 0 Å². The van der Waals surface area contributed by atoms with Crippen LogP contribution in [-0.4, -0.2) is 40.4 Å². The highest BCUT2D eigenvalue weighted by Gasteiger charge is 2.58. The Morgan fingerprint density at radius 3 is 2.37 bits per heavy atom. The molecule has 2 unspecified atom stereocenters. The number of nitrogens with zero attached hydrogens (tertiary/aromatic N) is 3. The molecule has 1 fully saturated rings. The van der Waals surface area contributed by atoms with E-state index < -0.39 is 40.4 Å². The van der Waals surface area contributed by atoms with Gasteiger partial charge in [0.2, 0.25) is 6.79 Å². The third-order valence-electron chi connectivity index (χ3n) is 6.31. The molecule has 0 N–H and O–H groups in total. The monoisotopic (exact) mass is 535 g/mol. The second-order valence-electron chi connectivity index (χ2n) is 8.12. The molecule has 0 radical (unpaired) electrons. The summed E-state index contributed by atoms with van der Waals surface area (Å²) >= 11 is 3.37. The summed E-state index contributed by atoms with van der Waals surface area (Å²) in [7, 11) is 0. The van der Waals surface area contributed by atoms with Crippen molar-refractivity contribution in [2.75, 3.05) is 11.7 Å². The van der Waals surface area contributed by atoms with Crippen molar-refractivity contribution in [3.8, 4) is 11.5 Å². The molecule has 10 nitrogen and oxygen atoms in total. The molecule has 0 saturated carbocycles. The van der Waals surface area contributed by atoms with Gasteiger partial charge < -0.3 is 14.4 Å². The number of hydrogen-bond acceptors (Lipinski definition) is 7. The summed E-state index contributed by atoms with van der Waals surface area (Å²) in [6, 6.07) is 14.1. The SMILES string of the molecule is O=C1c2cccc([N+](=O)[O-])c2C(=O)N1C1C(=O)N(c2ccc(Br)cc2)C1c1ccc2c(c1)OCO2. The predicted molar refractivity (Wildman–Crippen MR) is 124 cm³/mol. The normalized spacial score (nSPS) is 20.2. The minimum absolute atomic E-state index is 0.0598. The van der Waals surface area contributed by atoms with Gasteiger partial charge in [-0.25, -0.2) is 0 Å². The maximum absolute atomic E-state index is 13.5. The number of carbonyl (C=O) groups is 3. The van der Waals surface area contributed by atoms with Gasteiger partial charge in [-0.2, -0.15) is 0 Å². The van der Waals surface area contributed by atoms with Crippen LogP contribution < -0.4 is 14.4 Å². The molecule has 1 saturated heterocycles. The van der Waals surface area contributed by atoms with Gasteiger partial charge in [0.25, 0.3) is 23.4 Å². The fourth-order valence-corrected chi connectivity index (χ4v) is 5.00. The number of anilines is 1. The molecule has 3 aliphatic rings. The van der Waals surface area contributed by atoms with Gasteiger partial charge >= 0.3 is 0 Å². The van der Waals surface area contributed by atoms with Crippen LogP contribution in [-0.2, 0) is 4.79 Å². The van der Waals surface area contributed by atoms with Crippen molar-refractivity contribution in [3.05, 3.63) is 91.9 Å². The number of ether oxygens (including phenoxy) is 2. The van der Waals surface area contributed by atoms with Gasteiger partial charge in [-0.15, -0.1) is 0 Å². The lowest BCUT2D eigenvalue weighted by molar-refractivity contribution is -0.385. The Bertz CT molecular complexity index is 1460. The first-order valence-corrected chi connectivity index (χ1v) is 11.3. The van der Waals surface area contributed by atoms with E-state index >= 15 is 0 Å². The molecule has 0 aliphatic carbocycles. The van der Waals surface area contributed by atoms with Gasteiger partial charge in [-0.3, -0.25) is 29.4 Å². The number of nitro groups is 1. The van der Waals surface area contributed by atoms with E-state index in [1.807, 2.05) is 0 Å². The first kappa shape index (κ1) is 21.3. The van der Waals surface area contributed by atoms with Gasteiger partial charge in [0.05, 0.1) is 16.5 Å². The number of imide groups is 1. The van der Waals surface area contributed by atoms with Crippen molar-refractivity contribution in [2.24, 2.45) is 0 Å². The average Bonchev–Trinajstić information content (AvgIpc) is 3.41. The number of β-lactam (4-membered cyclic amide) rings is 1. The molecule has 6 rings (SSSR count). The summed E-state index contributed by atoms with van der Waals surface area (Å²) in [5, 5.41) is 11.5. The molecule has 3 aromatic rings. The van der Waals surface area contributed by atoms with Crippen LogP contribution in [0, 0.1) is 10.1 Å². The Morgan fingerprint density at radius 1 is 0.886 bits per heavy atom. The lowest BCUT2D eigenvalue weighted by Gasteiger charge is -2.49. The van der Waals surface area contributed by atoms with Crippen LogP contribution in [0.2, 0.25) is 0 Å². The lowest BCUT2D eigenvalue weighted by atomic mass is 9.86.